The Bertz CT molecular complexity index is 823. The molecule has 0 radical (unpaired) electrons. The highest BCUT2D eigenvalue weighted by Crippen LogP contribution is 2.32. The van der Waals surface area contributed by atoms with Crippen LogP contribution >= 0.6 is 22.7 Å². The fourth-order valence-electron chi connectivity index (χ4n) is 2.33. The lowest BCUT2D eigenvalue weighted by Gasteiger charge is -2.04. The van der Waals surface area contributed by atoms with Gasteiger partial charge < -0.3 is 10.1 Å². The number of hydrogen-bond donors (Lipinski definition) is 3. The summed E-state index contributed by atoms with van der Waals surface area (Å²) >= 11 is 2.78. The van der Waals surface area contributed by atoms with Gasteiger partial charge in [0.25, 0.3) is 0 Å². The van der Waals surface area contributed by atoms with E-state index < -0.39 is 6.03 Å². The van der Waals surface area contributed by atoms with Crippen molar-refractivity contribution in [3.05, 3.63) is 22.8 Å². The molecule has 24 heavy (non-hydrogen) atoms. The molecule has 0 bridgehead atoms. The van der Waals surface area contributed by atoms with Crippen LogP contribution in [0.25, 0.3) is 10.7 Å². The predicted molar refractivity (Wildman–Crippen MR) is 90.2 cm³/mol. The Labute approximate surface area is 144 Å². The molecule has 3 aromatic rings. The van der Waals surface area contributed by atoms with Crippen LogP contribution in [0.15, 0.2) is 17.8 Å². The van der Waals surface area contributed by atoms with Gasteiger partial charge in [0, 0.05) is 18.2 Å². The van der Waals surface area contributed by atoms with Crippen molar-refractivity contribution in [1.29, 1.82) is 0 Å². The standard InChI is InChI=1S/C13H13N7O2S2/c21-12(16-7-6-15-18-9(7)11-14-3-5-23-11)17-13-20-19-10(24-13)8-2-1-4-22-8/h3,5-6,8H,1-2,4H2,(H,15,18)(H2,16,17,20,21). The molecule has 2 amide bonds. The first kappa shape index (κ1) is 15.2. The third-order valence-corrected chi connectivity index (χ3v) is 5.12. The number of carbonyl (C=O) groups excluding carboxylic acids is 1. The monoisotopic (exact) mass is 363 g/mol. The minimum atomic E-state index is -0.413. The van der Waals surface area contributed by atoms with Crippen molar-refractivity contribution < 1.29 is 9.53 Å². The maximum absolute atomic E-state index is 12.2. The summed E-state index contributed by atoms with van der Waals surface area (Å²) in [5.74, 6) is 0. The Kier molecular flexibility index (Phi) is 4.19. The second-order valence-corrected chi connectivity index (χ2v) is 6.93. The van der Waals surface area contributed by atoms with E-state index >= 15 is 0 Å². The summed E-state index contributed by atoms with van der Waals surface area (Å²) in [5, 5.41) is 24.1. The summed E-state index contributed by atoms with van der Waals surface area (Å²) < 4.78 is 5.56. The molecule has 0 aliphatic carbocycles. The van der Waals surface area contributed by atoms with Crippen LogP contribution in [0.5, 0.6) is 0 Å². The van der Waals surface area contributed by atoms with Crippen LogP contribution in [0.3, 0.4) is 0 Å². The van der Waals surface area contributed by atoms with Gasteiger partial charge in [-0.05, 0) is 12.8 Å². The topological polar surface area (TPSA) is 118 Å². The lowest BCUT2D eigenvalue weighted by Crippen LogP contribution is -2.19. The highest BCUT2D eigenvalue weighted by Gasteiger charge is 2.22. The van der Waals surface area contributed by atoms with Crippen LogP contribution in [0.4, 0.5) is 15.6 Å². The van der Waals surface area contributed by atoms with Crippen molar-refractivity contribution in [3.8, 4) is 10.7 Å². The van der Waals surface area contributed by atoms with E-state index in [-0.39, 0.29) is 6.10 Å². The van der Waals surface area contributed by atoms with E-state index in [1.807, 2.05) is 5.38 Å². The predicted octanol–water partition coefficient (Wildman–Crippen LogP) is 2.88. The quantitative estimate of drug-likeness (QED) is 0.656. The summed E-state index contributed by atoms with van der Waals surface area (Å²) in [5.41, 5.74) is 1.21. The Morgan fingerprint density at radius 2 is 2.33 bits per heavy atom. The Morgan fingerprint density at radius 3 is 3.12 bits per heavy atom. The van der Waals surface area contributed by atoms with Crippen LogP contribution in [0.2, 0.25) is 0 Å². The second-order valence-electron chi connectivity index (χ2n) is 5.02. The van der Waals surface area contributed by atoms with E-state index in [4.69, 9.17) is 4.74 Å². The van der Waals surface area contributed by atoms with E-state index in [0.717, 1.165) is 29.5 Å². The number of thiazole rings is 1. The molecule has 1 saturated heterocycles. The number of hydrogen-bond acceptors (Lipinski definition) is 8. The van der Waals surface area contributed by atoms with Crippen LogP contribution in [-0.2, 0) is 4.74 Å². The summed E-state index contributed by atoms with van der Waals surface area (Å²) in [6.45, 7) is 0.744. The summed E-state index contributed by atoms with van der Waals surface area (Å²) in [7, 11) is 0. The lowest BCUT2D eigenvalue weighted by atomic mass is 10.2. The molecule has 1 unspecified atom stereocenters. The Morgan fingerprint density at radius 1 is 1.38 bits per heavy atom. The number of carbonyl (C=O) groups is 1. The van der Waals surface area contributed by atoms with Gasteiger partial charge in [-0.2, -0.15) is 5.10 Å². The van der Waals surface area contributed by atoms with E-state index in [0.29, 0.717) is 16.5 Å². The Hall–Kier alpha value is -2.37. The summed E-state index contributed by atoms with van der Waals surface area (Å²) in [4.78, 5) is 16.4. The molecule has 4 heterocycles. The second kappa shape index (κ2) is 6.63. The molecule has 1 atom stereocenters. The van der Waals surface area contributed by atoms with Crippen LogP contribution in [0.1, 0.15) is 24.0 Å². The van der Waals surface area contributed by atoms with Gasteiger partial charge in [0.05, 0.1) is 11.9 Å². The number of ether oxygens (including phenoxy) is 1. The highest BCUT2D eigenvalue weighted by atomic mass is 32.1. The number of urea groups is 1. The minimum absolute atomic E-state index is 0.00788. The van der Waals surface area contributed by atoms with Gasteiger partial charge in [-0.25, -0.2) is 9.78 Å². The first-order valence-corrected chi connectivity index (χ1v) is 8.95. The van der Waals surface area contributed by atoms with Crippen molar-refractivity contribution in [1.82, 2.24) is 25.4 Å². The van der Waals surface area contributed by atoms with E-state index in [9.17, 15) is 4.79 Å². The van der Waals surface area contributed by atoms with Gasteiger partial charge in [-0.3, -0.25) is 10.4 Å². The number of aromatic nitrogens is 5. The molecule has 0 spiro atoms. The average molecular weight is 363 g/mol. The van der Waals surface area contributed by atoms with Crippen molar-refractivity contribution in [2.24, 2.45) is 0 Å². The summed E-state index contributed by atoms with van der Waals surface area (Å²) in [6.07, 6.45) is 5.18. The summed E-state index contributed by atoms with van der Waals surface area (Å²) in [6, 6.07) is -0.413. The number of nitrogens with zero attached hydrogens (tertiary/aromatic N) is 4. The number of nitrogens with one attached hydrogen (secondary N) is 3. The van der Waals surface area contributed by atoms with Crippen molar-refractivity contribution >= 4 is 39.5 Å². The zero-order valence-corrected chi connectivity index (χ0v) is 14.0. The maximum atomic E-state index is 12.2. The minimum Gasteiger partial charge on any atom is -0.371 e. The van der Waals surface area contributed by atoms with Crippen molar-refractivity contribution in [2.45, 2.75) is 18.9 Å². The van der Waals surface area contributed by atoms with Gasteiger partial charge in [-0.15, -0.1) is 21.5 Å². The number of aromatic amines is 1. The largest absolute Gasteiger partial charge is 0.371 e. The van der Waals surface area contributed by atoms with Gasteiger partial charge >= 0.3 is 6.03 Å². The number of H-pyrrole nitrogens is 1. The van der Waals surface area contributed by atoms with Gasteiger partial charge in [0.1, 0.15) is 21.8 Å². The fourth-order valence-corrected chi connectivity index (χ4v) is 3.80. The third kappa shape index (κ3) is 3.13. The van der Waals surface area contributed by atoms with Crippen molar-refractivity contribution in [3.63, 3.8) is 0 Å². The number of amides is 2. The molecule has 3 aromatic heterocycles. The Balaban J connectivity index is 1.41. The number of rotatable bonds is 4. The van der Waals surface area contributed by atoms with E-state index in [1.165, 1.54) is 28.9 Å². The zero-order valence-electron chi connectivity index (χ0n) is 12.4. The van der Waals surface area contributed by atoms with Gasteiger partial charge in [0.2, 0.25) is 5.13 Å². The molecule has 0 aromatic carbocycles. The van der Waals surface area contributed by atoms with Crippen molar-refractivity contribution in [2.75, 3.05) is 17.2 Å². The molecular weight excluding hydrogens is 350 g/mol. The molecule has 11 heteroatoms. The van der Waals surface area contributed by atoms with Crippen LogP contribution < -0.4 is 10.6 Å². The molecule has 1 aliphatic rings. The first-order valence-electron chi connectivity index (χ1n) is 7.26. The first-order chi connectivity index (χ1) is 11.8. The fraction of sp³-hybridized carbons (Fsp3) is 0.308. The molecule has 3 N–H and O–H groups in total. The molecule has 0 saturated carbocycles. The maximum Gasteiger partial charge on any atom is 0.325 e. The van der Waals surface area contributed by atoms with Crippen LogP contribution in [-0.4, -0.2) is 38.0 Å². The van der Waals surface area contributed by atoms with Crippen LogP contribution in [0, 0.1) is 0 Å². The van der Waals surface area contributed by atoms with Gasteiger partial charge in [0.15, 0.2) is 0 Å². The smallest absolute Gasteiger partial charge is 0.325 e. The molecule has 1 aliphatic heterocycles. The molecule has 1 fully saturated rings. The highest BCUT2D eigenvalue weighted by molar-refractivity contribution is 7.15. The molecular formula is C13H13N7O2S2. The van der Waals surface area contributed by atoms with Gasteiger partial charge in [-0.1, -0.05) is 11.3 Å². The SMILES string of the molecule is O=C(Nc1nnc(C2CCCO2)s1)Nc1cn[nH]c1-c1nccs1. The molecule has 9 nitrogen and oxygen atoms in total. The normalized spacial score (nSPS) is 17.1. The van der Waals surface area contributed by atoms with E-state index in [1.54, 1.807) is 6.20 Å². The average Bonchev–Trinajstić information content (AvgIpc) is 3.35. The third-order valence-electron chi connectivity index (χ3n) is 3.40. The molecule has 124 valence electrons. The lowest BCUT2D eigenvalue weighted by molar-refractivity contribution is 0.111. The molecule has 4 rings (SSSR count). The number of anilines is 2. The van der Waals surface area contributed by atoms with E-state index in [2.05, 4.69) is 36.0 Å². The zero-order chi connectivity index (χ0) is 16.4.